The van der Waals surface area contributed by atoms with E-state index >= 15 is 0 Å². The first-order chi connectivity index (χ1) is 11.9. The molecule has 1 aliphatic rings. The van der Waals surface area contributed by atoms with Crippen LogP contribution in [0, 0.1) is 5.82 Å². The van der Waals surface area contributed by atoms with Crippen LogP contribution in [0.1, 0.15) is 17.3 Å². The molecule has 132 valence electrons. The minimum Gasteiger partial charge on any atom is -0.368 e. The Morgan fingerprint density at radius 1 is 1.12 bits per heavy atom. The zero-order valence-electron chi connectivity index (χ0n) is 13.7. The van der Waals surface area contributed by atoms with Gasteiger partial charge in [0.15, 0.2) is 5.78 Å². The van der Waals surface area contributed by atoms with E-state index in [0.29, 0.717) is 18.8 Å². The highest BCUT2D eigenvalue weighted by Gasteiger charge is 2.30. The van der Waals surface area contributed by atoms with E-state index in [1.807, 2.05) is 4.90 Å². The molecule has 0 saturated carbocycles. The molecule has 1 saturated heterocycles. The van der Waals surface area contributed by atoms with Crippen molar-refractivity contribution in [1.29, 1.82) is 0 Å². The molecule has 0 bridgehead atoms. The summed E-state index contributed by atoms with van der Waals surface area (Å²) in [5, 5.41) is 0. The van der Waals surface area contributed by atoms with Gasteiger partial charge in [-0.25, -0.2) is 12.8 Å². The third-order valence-corrected chi connectivity index (χ3v) is 6.08. The molecule has 0 aliphatic carbocycles. The first kappa shape index (κ1) is 17.5. The number of piperazine rings is 1. The van der Waals surface area contributed by atoms with Gasteiger partial charge in [-0.05, 0) is 31.2 Å². The average molecular weight is 363 g/mol. The molecule has 8 heteroatoms. The lowest BCUT2D eigenvalue weighted by atomic mass is 10.1. The zero-order chi connectivity index (χ0) is 18.0. The summed E-state index contributed by atoms with van der Waals surface area (Å²) in [7, 11) is -3.60. The number of rotatable bonds is 4. The molecule has 0 spiro atoms. The summed E-state index contributed by atoms with van der Waals surface area (Å²) in [6.07, 6.45) is 2.84. The van der Waals surface area contributed by atoms with Crippen molar-refractivity contribution in [2.24, 2.45) is 0 Å². The van der Waals surface area contributed by atoms with Gasteiger partial charge in [-0.2, -0.15) is 4.31 Å². The smallest absolute Gasteiger partial charge is 0.244 e. The molecule has 0 amide bonds. The summed E-state index contributed by atoms with van der Waals surface area (Å²) in [6, 6.07) is 7.58. The molecule has 0 N–H and O–H groups in total. The van der Waals surface area contributed by atoms with Gasteiger partial charge >= 0.3 is 0 Å². The Hall–Kier alpha value is -2.32. The van der Waals surface area contributed by atoms with Crippen LogP contribution in [0.2, 0.25) is 0 Å². The lowest BCUT2D eigenvalue weighted by Gasteiger charge is -2.36. The molecule has 0 atom stereocenters. The lowest BCUT2D eigenvalue weighted by molar-refractivity contribution is 0.101. The maximum Gasteiger partial charge on any atom is 0.244 e. The minimum absolute atomic E-state index is 0.0473. The number of nitrogens with zero attached hydrogens (tertiary/aromatic N) is 3. The van der Waals surface area contributed by atoms with E-state index in [1.165, 1.54) is 35.8 Å². The Bertz CT molecular complexity index is 879. The van der Waals surface area contributed by atoms with Crippen LogP contribution in [0.4, 0.5) is 10.1 Å². The number of halogens is 1. The second-order valence-electron chi connectivity index (χ2n) is 5.77. The quantitative estimate of drug-likeness (QED) is 0.777. The Morgan fingerprint density at radius 2 is 1.84 bits per heavy atom. The predicted molar refractivity (Wildman–Crippen MR) is 91.6 cm³/mol. The molecule has 2 heterocycles. The highest BCUT2D eigenvalue weighted by atomic mass is 32.2. The molecule has 25 heavy (non-hydrogen) atoms. The van der Waals surface area contributed by atoms with Gasteiger partial charge < -0.3 is 4.90 Å². The van der Waals surface area contributed by atoms with Gasteiger partial charge in [-0.15, -0.1) is 0 Å². The number of carbonyl (C=O) groups excluding carboxylic acids is 1. The largest absolute Gasteiger partial charge is 0.368 e. The zero-order valence-corrected chi connectivity index (χ0v) is 14.5. The van der Waals surface area contributed by atoms with Crippen LogP contribution in [0.5, 0.6) is 0 Å². The maximum absolute atomic E-state index is 14.0. The molecule has 0 unspecified atom stereocenters. The van der Waals surface area contributed by atoms with E-state index in [2.05, 4.69) is 4.98 Å². The van der Waals surface area contributed by atoms with Crippen molar-refractivity contribution >= 4 is 21.5 Å². The van der Waals surface area contributed by atoms with Crippen molar-refractivity contribution in [1.82, 2.24) is 9.29 Å². The predicted octanol–water partition coefficient (Wildman–Crippen LogP) is 1.93. The number of ketones is 1. The van der Waals surface area contributed by atoms with Crippen molar-refractivity contribution < 1.29 is 17.6 Å². The summed E-state index contributed by atoms with van der Waals surface area (Å²) >= 11 is 0. The molecule has 6 nitrogen and oxygen atoms in total. The second kappa shape index (κ2) is 6.89. The number of hydrogen-bond donors (Lipinski definition) is 0. The van der Waals surface area contributed by atoms with E-state index in [4.69, 9.17) is 0 Å². The SMILES string of the molecule is CC(=O)c1c(F)cccc1N1CCN(S(=O)(=O)c2cccnc2)CC1. The molecule has 1 fully saturated rings. The van der Waals surface area contributed by atoms with Crippen molar-refractivity contribution in [2.45, 2.75) is 11.8 Å². The number of anilines is 1. The summed E-state index contributed by atoms with van der Waals surface area (Å²) in [4.78, 5) is 17.6. The number of pyridine rings is 1. The number of Topliss-reactive ketones (excluding diaryl/α,β-unsaturated/α-hetero) is 1. The Morgan fingerprint density at radius 3 is 2.44 bits per heavy atom. The number of hydrogen-bond acceptors (Lipinski definition) is 5. The maximum atomic E-state index is 14.0. The number of sulfonamides is 1. The van der Waals surface area contributed by atoms with Crippen LogP contribution in [0.3, 0.4) is 0 Å². The highest BCUT2D eigenvalue weighted by molar-refractivity contribution is 7.89. The van der Waals surface area contributed by atoms with Crippen molar-refractivity contribution in [2.75, 3.05) is 31.1 Å². The molecule has 2 aromatic rings. The summed E-state index contributed by atoms with van der Waals surface area (Å²) in [5.41, 5.74) is 0.553. The highest BCUT2D eigenvalue weighted by Crippen LogP contribution is 2.26. The minimum atomic E-state index is -3.60. The van der Waals surface area contributed by atoms with E-state index in [-0.39, 0.29) is 29.3 Å². The second-order valence-corrected chi connectivity index (χ2v) is 7.71. The Labute approximate surface area is 145 Å². The lowest BCUT2D eigenvalue weighted by Crippen LogP contribution is -2.49. The van der Waals surface area contributed by atoms with E-state index in [0.717, 1.165) is 0 Å². The monoisotopic (exact) mass is 363 g/mol. The standard InChI is InChI=1S/C17H18FN3O3S/c1-13(22)17-15(18)5-2-6-16(17)20-8-10-21(11-9-20)25(23,24)14-4-3-7-19-12-14/h2-7,12H,8-11H2,1H3. The number of benzene rings is 1. The van der Waals surface area contributed by atoms with Crippen LogP contribution in [-0.4, -0.2) is 49.7 Å². The fourth-order valence-electron chi connectivity index (χ4n) is 2.94. The third kappa shape index (κ3) is 3.40. The Balaban J connectivity index is 1.79. The molecule has 1 aliphatic heterocycles. The van der Waals surface area contributed by atoms with E-state index in [9.17, 15) is 17.6 Å². The van der Waals surface area contributed by atoms with Gasteiger partial charge in [0.2, 0.25) is 10.0 Å². The van der Waals surface area contributed by atoms with Gasteiger partial charge in [-0.1, -0.05) is 6.07 Å². The van der Waals surface area contributed by atoms with Gasteiger partial charge in [0, 0.05) is 38.6 Å². The number of carbonyl (C=O) groups is 1. The first-order valence-corrected chi connectivity index (χ1v) is 9.30. The topological polar surface area (TPSA) is 70.6 Å². The normalized spacial score (nSPS) is 16.0. The van der Waals surface area contributed by atoms with Crippen LogP contribution in [-0.2, 0) is 10.0 Å². The fraction of sp³-hybridized carbons (Fsp3) is 0.294. The molecular weight excluding hydrogens is 345 g/mol. The van der Waals surface area contributed by atoms with Gasteiger partial charge in [0.25, 0.3) is 0 Å². The van der Waals surface area contributed by atoms with Crippen molar-refractivity contribution in [3.63, 3.8) is 0 Å². The molecule has 0 radical (unpaired) electrons. The van der Waals surface area contributed by atoms with Crippen LogP contribution in [0.25, 0.3) is 0 Å². The molecule has 1 aromatic heterocycles. The third-order valence-electron chi connectivity index (χ3n) is 4.20. The van der Waals surface area contributed by atoms with E-state index < -0.39 is 15.8 Å². The first-order valence-electron chi connectivity index (χ1n) is 7.86. The van der Waals surface area contributed by atoms with Crippen LogP contribution < -0.4 is 4.90 Å². The molecule has 3 rings (SSSR count). The van der Waals surface area contributed by atoms with Crippen molar-refractivity contribution in [3.8, 4) is 0 Å². The molecular formula is C17H18FN3O3S. The average Bonchev–Trinajstić information content (AvgIpc) is 2.62. The Kier molecular flexibility index (Phi) is 4.82. The van der Waals surface area contributed by atoms with Gasteiger partial charge in [0.1, 0.15) is 10.7 Å². The van der Waals surface area contributed by atoms with Crippen LogP contribution >= 0.6 is 0 Å². The summed E-state index contributed by atoms with van der Waals surface area (Å²) < 4.78 is 40.6. The summed E-state index contributed by atoms with van der Waals surface area (Å²) in [5.74, 6) is -0.908. The van der Waals surface area contributed by atoms with Crippen molar-refractivity contribution in [3.05, 3.63) is 54.1 Å². The summed E-state index contributed by atoms with van der Waals surface area (Å²) in [6.45, 7) is 2.59. The van der Waals surface area contributed by atoms with Gasteiger partial charge in [-0.3, -0.25) is 9.78 Å². The van der Waals surface area contributed by atoms with Crippen LogP contribution in [0.15, 0.2) is 47.6 Å². The van der Waals surface area contributed by atoms with Gasteiger partial charge in [0.05, 0.1) is 11.3 Å². The number of aromatic nitrogens is 1. The molecule has 1 aromatic carbocycles. The van der Waals surface area contributed by atoms with E-state index in [1.54, 1.807) is 18.2 Å². The fourth-order valence-corrected chi connectivity index (χ4v) is 4.33.